The molecule has 42 heavy (non-hydrogen) atoms. The van der Waals surface area contributed by atoms with E-state index in [1.807, 2.05) is 0 Å². The normalized spacial score (nSPS) is 18.6. The van der Waals surface area contributed by atoms with Crippen LogP contribution in [0.3, 0.4) is 0 Å². The molecule has 0 amide bonds. The third-order valence-corrected chi connectivity index (χ3v) is 7.28. The fraction of sp³-hybridized carbons (Fsp3) is 0.769. The van der Waals surface area contributed by atoms with Crippen LogP contribution in [-0.2, 0) is 28.8 Å². The Balaban J connectivity index is 3.24. The average molecular weight is 605 g/mol. The van der Waals surface area contributed by atoms with Crippen LogP contribution in [0.1, 0.15) is 57.8 Å². The molecule has 0 bridgehead atoms. The Kier molecular flexibility index (Phi) is 17.2. The van der Waals surface area contributed by atoms with E-state index in [1.165, 1.54) is 0 Å². The summed E-state index contributed by atoms with van der Waals surface area (Å²) in [6.07, 6.45) is -0.109. The van der Waals surface area contributed by atoms with Crippen molar-refractivity contribution in [2.75, 3.05) is 52.4 Å². The lowest BCUT2D eigenvalue weighted by Gasteiger charge is -2.37. The third kappa shape index (κ3) is 14.5. The number of rotatable bonds is 18. The molecule has 7 N–H and O–H groups in total. The summed E-state index contributed by atoms with van der Waals surface area (Å²) in [6, 6.07) is -3.12. The van der Waals surface area contributed by atoms with Crippen molar-refractivity contribution in [2.24, 2.45) is 0 Å². The molecule has 0 aromatic rings. The van der Waals surface area contributed by atoms with E-state index in [4.69, 9.17) is 15.3 Å². The summed E-state index contributed by atoms with van der Waals surface area (Å²) in [7, 11) is 0. The minimum atomic E-state index is -1.19. The molecule has 3 atom stereocenters. The molecular formula is C26H44N4O12. The van der Waals surface area contributed by atoms with Gasteiger partial charge in [-0.2, -0.15) is 0 Å². The molecule has 0 spiro atoms. The lowest BCUT2D eigenvalue weighted by Crippen LogP contribution is -2.54. The highest BCUT2D eigenvalue weighted by Gasteiger charge is 2.32. The summed E-state index contributed by atoms with van der Waals surface area (Å²) in [4.78, 5) is 74.4. The minimum Gasteiger partial charge on any atom is -0.481 e. The predicted octanol–water partition coefficient (Wildman–Crippen LogP) is -0.380. The van der Waals surface area contributed by atoms with Crippen molar-refractivity contribution in [3.05, 3.63) is 0 Å². The van der Waals surface area contributed by atoms with Gasteiger partial charge in [-0.3, -0.25) is 43.5 Å². The van der Waals surface area contributed by atoms with Gasteiger partial charge in [0.25, 0.3) is 0 Å². The maximum Gasteiger partial charge on any atom is 0.320 e. The lowest BCUT2D eigenvalue weighted by atomic mass is 10.1. The number of nitrogens with zero attached hydrogens (tertiary/aromatic N) is 3. The molecule has 0 saturated carbocycles. The van der Waals surface area contributed by atoms with Crippen LogP contribution in [0, 0.1) is 0 Å². The third-order valence-electron chi connectivity index (χ3n) is 7.28. The Morgan fingerprint density at radius 1 is 0.476 bits per heavy atom. The zero-order valence-corrected chi connectivity index (χ0v) is 23.7. The predicted molar refractivity (Wildman–Crippen MR) is 146 cm³/mol. The molecule has 1 heterocycles. The number of carbonyl (C=O) groups is 6. The van der Waals surface area contributed by atoms with Crippen LogP contribution >= 0.6 is 0 Å². The summed E-state index contributed by atoms with van der Waals surface area (Å²) < 4.78 is 0. The van der Waals surface area contributed by atoms with Crippen LogP contribution in [0.5, 0.6) is 0 Å². The molecule has 0 unspecified atom stereocenters. The van der Waals surface area contributed by atoms with Crippen molar-refractivity contribution >= 4 is 35.8 Å². The van der Waals surface area contributed by atoms with E-state index >= 15 is 0 Å². The fourth-order valence-corrected chi connectivity index (χ4v) is 5.08. The monoisotopic (exact) mass is 604 g/mol. The van der Waals surface area contributed by atoms with Gasteiger partial charge in [-0.15, -0.1) is 0 Å². The molecule has 0 radical (unpaired) electrons. The quantitative estimate of drug-likeness (QED) is 0.105. The highest BCUT2D eigenvalue weighted by molar-refractivity contribution is 5.75. The van der Waals surface area contributed by atoms with Crippen LogP contribution < -0.4 is 5.32 Å². The molecule has 0 aromatic carbocycles. The zero-order chi connectivity index (χ0) is 31.7. The van der Waals surface area contributed by atoms with Gasteiger partial charge in [0.05, 0.1) is 0 Å². The number of carboxylic acid groups (broad SMARTS) is 6. The first-order valence-electron chi connectivity index (χ1n) is 14.1. The molecule has 1 aliphatic rings. The van der Waals surface area contributed by atoms with Crippen LogP contribution in [0.2, 0.25) is 0 Å². The summed E-state index contributed by atoms with van der Waals surface area (Å²) in [5.74, 6) is -6.62. The second-order valence-electron chi connectivity index (χ2n) is 10.3. The van der Waals surface area contributed by atoms with Gasteiger partial charge in [0.1, 0.15) is 18.1 Å². The van der Waals surface area contributed by atoms with E-state index in [1.54, 1.807) is 14.7 Å². The number of nitrogens with one attached hydrogen (secondary N) is 1. The van der Waals surface area contributed by atoms with E-state index in [9.17, 15) is 44.1 Å². The second-order valence-corrected chi connectivity index (χ2v) is 10.3. The second kappa shape index (κ2) is 19.7. The van der Waals surface area contributed by atoms with Crippen LogP contribution in [0.15, 0.2) is 0 Å². The molecule has 0 aromatic heterocycles. The largest absolute Gasteiger partial charge is 0.481 e. The summed E-state index contributed by atoms with van der Waals surface area (Å²) in [5.41, 5.74) is 0. The first kappa shape index (κ1) is 36.7. The summed E-state index contributed by atoms with van der Waals surface area (Å²) in [5, 5.41) is 59.9. The first-order valence-corrected chi connectivity index (χ1v) is 14.1. The molecular weight excluding hydrogens is 560 g/mol. The lowest BCUT2D eigenvalue weighted by molar-refractivity contribution is -0.147. The Bertz CT molecular complexity index is 866. The Hall–Kier alpha value is -3.34. The Morgan fingerprint density at radius 2 is 0.738 bits per heavy atom. The van der Waals surface area contributed by atoms with Crippen LogP contribution in [-0.4, -0.2) is 152 Å². The molecule has 1 rings (SSSR count). The Labute approximate surface area is 243 Å². The summed E-state index contributed by atoms with van der Waals surface area (Å²) >= 11 is 0. The van der Waals surface area contributed by atoms with Gasteiger partial charge in [-0.05, 0) is 38.5 Å². The van der Waals surface area contributed by atoms with Gasteiger partial charge >= 0.3 is 35.8 Å². The fourth-order valence-electron chi connectivity index (χ4n) is 5.08. The zero-order valence-electron chi connectivity index (χ0n) is 23.7. The van der Waals surface area contributed by atoms with Gasteiger partial charge in [0.15, 0.2) is 0 Å². The van der Waals surface area contributed by atoms with Crippen molar-refractivity contribution in [2.45, 2.75) is 75.9 Å². The number of aliphatic carboxylic acids is 6. The topological polar surface area (TPSA) is 246 Å². The highest BCUT2D eigenvalue weighted by atomic mass is 16.4. The minimum absolute atomic E-state index is 0.00509. The Morgan fingerprint density at radius 3 is 0.976 bits per heavy atom. The molecule has 1 aliphatic heterocycles. The molecule has 0 aliphatic carbocycles. The van der Waals surface area contributed by atoms with E-state index in [-0.39, 0.29) is 97.1 Å². The number of hydrogen-bond acceptors (Lipinski definition) is 10. The van der Waals surface area contributed by atoms with Crippen molar-refractivity contribution in [3.63, 3.8) is 0 Å². The van der Waals surface area contributed by atoms with Gasteiger partial charge < -0.3 is 36.0 Å². The molecule has 16 heteroatoms. The van der Waals surface area contributed by atoms with Crippen molar-refractivity contribution in [1.82, 2.24) is 20.0 Å². The molecule has 16 nitrogen and oxygen atoms in total. The summed E-state index contributed by atoms with van der Waals surface area (Å²) in [6.45, 7) is 1.55. The van der Waals surface area contributed by atoms with Gasteiger partial charge in [-0.25, -0.2) is 0 Å². The van der Waals surface area contributed by atoms with E-state index in [2.05, 4.69) is 5.32 Å². The maximum atomic E-state index is 12.3. The van der Waals surface area contributed by atoms with Gasteiger partial charge in [-0.1, -0.05) is 0 Å². The average Bonchev–Trinajstić information content (AvgIpc) is 2.87. The molecule has 240 valence electrons. The van der Waals surface area contributed by atoms with E-state index < -0.39 is 53.9 Å². The van der Waals surface area contributed by atoms with Crippen molar-refractivity contribution in [1.29, 1.82) is 0 Å². The van der Waals surface area contributed by atoms with Crippen LogP contribution in [0.4, 0.5) is 0 Å². The number of hydrogen-bond donors (Lipinski definition) is 7. The first-order chi connectivity index (χ1) is 19.8. The van der Waals surface area contributed by atoms with E-state index in [0.717, 1.165) is 0 Å². The SMILES string of the molecule is O=C(O)CCC[C@H](C(=O)O)N1CCN([C@@H](CCCC(=O)O)C(=O)O)CCNCCN([C@@H](CCCC(=O)O)C(=O)O)CC1. The molecule has 1 saturated heterocycles. The van der Waals surface area contributed by atoms with Gasteiger partial charge in [0.2, 0.25) is 0 Å². The smallest absolute Gasteiger partial charge is 0.320 e. The van der Waals surface area contributed by atoms with Crippen molar-refractivity contribution < 1.29 is 59.4 Å². The standard InChI is InChI=1S/C26H44N4O12/c31-21(32)7-1-4-18(24(37)38)28-12-10-27-11-13-29(19(25(39)40)5-2-8-22(33)34)15-17-30(16-14-28)20(26(41)42)6-3-9-23(35)36/h18-20,27H,1-17H2,(H,31,32)(H,33,34)(H,35,36)(H,37,38)(H,39,40)(H,41,42)/t18-,19-,20+/m0/s1. The highest BCUT2D eigenvalue weighted by Crippen LogP contribution is 2.16. The maximum absolute atomic E-state index is 12.3. The van der Waals surface area contributed by atoms with Gasteiger partial charge in [0, 0.05) is 71.6 Å². The van der Waals surface area contributed by atoms with Crippen LogP contribution in [0.25, 0.3) is 0 Å². The van der Waals surface area contributed by atoms with Crippen molar-refractivity contribution in [3.8, 4) is 0 Å². The van der Waals surface area contributed by atoms with E-state index in [0.29, 0.717) is 13.1 Å². The number of carboxylic acids is 6. The molecule has 1 fully saturated rings.